The van der Waals surface area contributed by atoms with Gasteiger partial charge < -0.3 is 18.8 Å². The molecule has 0 fully saturated rings. The second kappa shape index (κ2) is 10.3. The number of rotatable bonds is 9. The van der Waals surface area contributed by atoms with Gasteiger partial charge in [-0.15, -0.1) is 0 Å². The van der Waals surface area contributed by atoms with Gasteiger partial charge in [-0.2, -0.15) is 0 Å². The summed E-state index contributed by atoms with van der Waals surface area (Å²) < 4.78 is 19.9. The zero-order chi connectivity index (χ0) is 23.2. The van der Waals surface area contributed by atoms with Gasteiger partial charge in [0.25, 0.3) is 0 Å². The quantitative estimate of drug-likeness (QED) is 0.303. The van der Waals surface area contributed by atoms with Crippen LogP contribution >= 0.6 is 0 Å². The topological polar surface area (TPSA) is 45.5 Å². The van der Waals surface area contributed by atoms with Crippen LogP contribution in [-0.2, 0) is 13.2 Å². The third kappa shape index (κ3) is 5.37. The average molecular weight is 443 g/mol. The Labute approximate surface area is 195 Å². The summed E-state index contributed by atoms with van der Waals surface area (Å²) in [5.41, 5.74) is 5.47. The van der Waals surface area contributed by atoms with E-state index < -0.39 is 0 Å². The highest BCUT2D eigenvalue weighted by molar-refractivity contribution is 5.75. The number of aromatic nitrogens is 2. The lowest BCUT2D eigenvalue weighted by atomic mass is 10.1. The Morgan fingerprint density at radius 3 is 2.45 bits per heavy atom. The van der Waals surface area contributed by atoms with Crippen molar-refractivity contribution in [3.05, 3.63) is 89.3 Å². The van der Waals surface area contributed by atoms with E-state index in [0.29, 0.717) is 31.3 Å². The van der Waals surface area contributed by atoms with Gasteiger partial charge in [-0.1, -0.05) is 36.4 Å². The summed E-state index contributed by atoms with van der Waals surface area (Å²) in [4.78, 5) is 4.81. The van der Waals surface area contributed by atoms with Crippen LogP contribution in [0.4, 0.5) is 0 Å². The molecule has 0 amide bonds. The smallest absolute Gasteiger partial charge is 0.161 e. The maximum atomic E-state index is 6.14. The monoisotopic (exact) mass is 442 g/mol. The first kappa shape index (κ1) is 22.5. The molecule has 1 aromatic heterocycles. The number of imidazole rings is 1. The third-order valence-electron chi connectivity index (χ3n) is 5.42. The molecule has 0 saturated carbocycles. The highest BCUT2D eigenvalue weighted by Crippen LogP contribution is 2.29. The van der Waals surface area contributed by atoms with Crippen LogP contribution in [0.2, 0.25) is 0 Å². The van der Waals surface area contributed by atoms with E-state index in [4.69, 9.17) is 19.2 Å². The molecule has 0 spiro atoms. The van der Waals surface area contributed by atoms with Crippen molar-refractivity contribution in [1.82, 2.24) is 9.55 Å². The first-order chi connectivity index (χ1) is 16.1. The van der Waals surface area contributed by atoms with E-state index in [0.717, 1.165) is 28.2 Å². The molecular weight excluding hydrogens is 412 g/mol. The Balaban J connectivity index is 1.52. The number of hydrogen-bond acceptors (Lipinski definition) is 4. The van der Waals surface area contributed by atoms with E-state index in [9.17, 15) is 0 Å². The zero-order valence-corrected chi connectivity index (χ0v) is 19.7. The van der Waals surface area contributed by atoms with Gasteiger partial charge >= 0.3 is 0 Å². The molecule has 0 bridgehead atoms. The van der Waals surface area contributed by atoms with Crippen LogP contribution in [0, 0.1) is 13.8 Å². The molecule has 4 rings (SSSR count). The fraction of sp³-hybridized carbons (Fsp3) is 0.250. The van der Waals surface area contributed by atoms with Crippen LogP contribution in [0.1, 0.15) is 29.4 Å². The number of allylic oxidation sites excluding steroid dienone is 1. The molecule has 5 heteroatoms. The minimum atomic E-state index is 0.331. The van der Waals surface area contributed by atoms with E-state index in [2.05, 4.69) is 42.7 Å². The molecule has 0 N–H and O–H groups in total. The van der Waals surface area contributed by atoms with Gasteiger partial charge in [0.2, 0.25) is 0 Å². The largest absolute Gasteiger partial charge is 0.493 e. The SMILES string of the molecule is C/C=C\c1ccc(OCc2nc3ccccc3n2CCOc2cc(C)cc(C)c2)c(OC)c1. The third-order valence-corrected chi connectivity index (χ3v) is 5.42. The Hall–Kier alpha value is -3.73. The van der Waals surface area contributed by atoms with Crippen molar-refractivity contribution in [3.63, 3.8) is 0 Å². The van der Waals surface area contributed by atoms with Crippen LogP contribution in [0.15, 0.2) is 66.7 Å². The average Bonchev–Trinajstić information content (AvgIpc) is 3.15. The molecule has 0 aliphatic rings. The Kier molecular flexibility index (Phi) is 6.98. The van der Waals surface area contributed by atoms with Crippen molar-refractivity contribution < 1.29 is 14.2 Å². The number of nitrogens with zero attached hydrogens (tertiary/aromatic N) is 2. The lowest BCUT2D eigenvalue weighted by Gasteiger charge is -2.14. The fourth-order valence-electron chi connectivity index (χ4n) is 4.00. The second-order valence-electron chi connectivity index (χ2n) is 8.04. The highest BCUT2D eigenvalue weighted by Gasteiger charge is 2.13. The lowest BCUT2D eigenvalue weighted by Crippen LogP contribution is -2.13. The van der Waals surface area contributed by atoms with Crippen LogP contribution in [0.5, 0.6) is 17.2 Å². The van der Waals surface area contributed by atoms with Gasteiger partial charge in [0, 0.05) is 0 Å². The van der Waals surface area contributed by atoms with Gasteiger partial charge in [0.1, 0.15) is 24.8 Å². The molecular formula is C28H30N2O3. The Morgan fingerprint density at radius 1 is 0.909 bits per heavy atom. The summed E-state index contributed by atoms with van der Waals surface area (Å²) in [6, 6.07) is 20.3. The molecule has 0 aliphatic carbocycles. The van der Waals surface area contributed by atoms with Crippen LogP contribution < -0.4 is 14.2 Å². The first-order valence-corrected chi connectivity index (χ1v) is 11.2. The molecule has 0 radical (unpaired) electrons. The molecule has 3 aromatic carbocycles. The minimum absolute atomic E-state index is 0.331. The van der Waals surface area contributed by atoms with Crippen molar-refractivity contribution >= 4 is 17.1 Å². The number of fused-ring (bicyclic) bond motifs is 1. The van der Waals surface area contributed by atoms with E-state index >= 15 is 0 Å². The first-order valence-electron chi connectivity index (χ1n) is 11.2. The van der Waals surface area contributed by atoms with Crippen LogP contribution in [0.3, 0.4) is 0 Å². The van der Waals surface area contributed by atoms with E-state index in [1.54, 1.807) is 7.11 Å². The molecule has 0 unspecified atom stereocenters. The predicted octanol–water partition coefficient (Wildman–Crippen LogP) is 6.35. The maximum Gasteiger partial charge on any atom is 0.161 e. The van der Waals surface area contributed by atoms with Gasteiger partial charge in [0.05, 0.1) is 24.7 Å². The van der Waals surface area contributed by atoms with Crippen molar-refractivity contribution in [2.24, 2.45) is 0 Å². The number of hydrogen-bond donors (Lipinski definition) is 0. The van der Waals surface area contributed by atoms with E-state index in [1.807, 2.05) is 55.5 Å². The summed E-state index contributed by atoms with van der Waals surface area (Å²) >= 11 is 0. The van der Waals surface area contributed by atoms with Crippen LogP contribution in [-0.4, -0.2) is 23.3 Å². The summed E-state index contributed by atoms with van der Waals surface area (Å²) in [5.74, 6) is 3.13. The van der Waals surface area contributed by atoms with E-state index in [1.165, 1.54) is 11.1 Å². The normalized spacial score (nSPS) is 11.3. The zero-order valence-electron chi connectivity index (χ0n) is 19.7. The van der Waals surface area contributed by atoms with Gasteiger partial charge in [0.15, 0.2) is 11.5 Å². The lowest BCUT2D eigenvalue weighted by molar-refractivity contribution is 0.261. The molecule has 170 valence electrons. The summed E-state index contributed by atoms with van der Waals surface area (Å²) in [7, 11) is 1.65. The van der Waals surface area contributed by atoms with Gasteiger partial charge in [-0.3, -0.25) is 0 Å². The van der Waals surface area contributed by atoms with E-state index in [-0.39, 0.29) is 0 Å². The predicted molar refractivity (Wildman–Crippen MR) is 133 cm³/mol. The number of methoxy groups -OCH3 is 1. The molecule has 33 heavy (non-hydrogen) atoms. The molecule has 1 heterocycles. The van der Waals surface area contributed by atoms with Crippen molar-refractivity contribution in [2.75, 3.05) is 13.7 Å². The van der Waals surface area contributed by atoms with Gasteiger partial charge in [-0.05, 0) is 73.9 Å². The number of para-hydroxylation sites is 2. The molecule has 5 nitrogen and oxygen atoms in total. The molecule has 0 atom stereocenters. The molecule has 0 saturated heterocycles. The Morgan fingerprint density at radius 2 is 1.70 bits per heavy atom. The molecule has 0 aliphatic heterocycles. The van der Waals surface area contributed by atoms with Crippen molar-refractivity contribution in [3.8, 4) is 17.2 Å². The molecule has 4 aromatic rings. The maximum absolute atomic E-state index is 6.14. The fourth-order valence-corrected chi connectivity index (χ4v) is 4.00. The number of ether oxygens (including phenoxy) is 3. The Bertz CT molecular complexity index is 1250. The number of benzene rings is 3. The minimum Gasteiger partial charge on any atom is -0.493 e. The van der Waals surface area contributed by atoms with Gasteiger partial charge in [-0.25, -0.2) is 4.98 Å². The highest BCUT2D eigenvalue weighted by atomic mass is 16.5. The standard InChI is InChI=1S/C28H30N2O3/c1-5-8-22-11-12-26(27(18-22)31-4)33-19-28-29-24-9-6-7-10-25(24)30(28)13-14-32-23-16-20(2)15-21(3)17-23/h5-12,15-18H,13-14,19H2,1-4H3/b8-5-. The summed E-state index contributed by atoms with van der Waals surface area (Å²) in [6.45, 7) is 7.69. The number of aryl methyl sites for hydroxylation is 2. The van der Waals surface area contributed by atoms with Crippen molar-refractivity contribution in [1.29, 1.82) is 0 Å². The summed E-state index contributed by atoms with van der Waals surface area (Å²) in [5, 5.41) is 0. The van der Waals surface area contributed by atoms with Crippen molar-refractivity contribution in [2.45, 2.75) is 33.9 Å². The van der Waals surface area contributed by atoms with Crippen LogP contribution in [0.25, 0.3) is 17.1 Å². The second-order valence-corrected chi connectivity index (χ2v) is 8.04. The summed E-state index contributed by atoms with van der Waals surface area (Å²) in [6.07, 6.45) is 4.03.